The van der Waals surface area contributed by atoms with Gasteiger partial charge in [-0.25, -0.2) is 13.2 Å². The van der Waals surface area contributed by atoms with Crippen molar-refractivity contribution in [2.24, 2.45) is 0 Å². The molecule has 0 bridgehead atoms. The van der Waals surface area contributed by atoms with Crippen molar-refractivity contribution in [2.45, 2.75) is 31.0 Å². The zero-order valence-electron chi connectivity index (χ0n) is 17.4. The van der Waals surface area contributed by atoms with Crippen LogP contribution in [0.2, 0.25) is 0 Å². The molecule has 2 aromatic rings. The highest BCUT2D eigenvalue weighted by Gasteiger charge is 2.32. The fourth-order valence-electron chi connectivity index (χ4n) is 3.39. The van der Waals surface area contributed by atoms with E-state index in [9.17, 15) is 23.1 Å². The normalized spacial score (nSPS) is 19.6. The van der Waals surface area contributed by atoms with Crippen molar-refractivity contribution >= 4 is 27.6 Å². The number of para-hydroxylation sites is 1. The van der Waals surface area contributed by atoms with Gasteiger partial charge in [0.05, 0.1) is 29.9 Å². The summed E-state index contributed by atoms with van der Waals surface area (Å²) in [6, 6.07) is 9.87. The molecule has 3 rings (SSSR count). The molecule has 2 aromatic carbocycles. The van der Waals surface area contributed by atoms with Crippen molar-refractivity contribution in [3.05, 3.63) is 53.6 Å². The summed E-state index contributed by atoms with van der Waals surface area (Å²) >= 11 is 0. The van der Waals surface area contributed by atoms with Gasteiger partial charge in [0.15, 0.2) is 5.75 Å². The van der Waals surface area contributed by atoms with Crippen LogP contribution in [-0.2, 0) is 19.5 Å². The van der Waals surface area contributed by atoms with Crippen LogP contribution in [0.3, 0.4) is 0 Å². The minimum Gasteiger partial charge on any atom is -0.505 e. The highest BCUT2D eigenvalue weighted by Crippen LogP contribution is 2.29. The first-order valence-corrected chi connectivity index (χ1v) is 11.0. The molecule has 2 atom stereocenters. The summed E-state index contributed by atoms with van der Waals surface area (Å²) in [4.78, 5) is 24.4. The Bertz CT molecular complexity index is 1090. The van der Waals surface area contributed by atoms with E-state index < -0.39 is 27.6 Å². The Morgan fingerprint density at radius 1 is 1.13 bits per heavy atom. The highest BCUT2D eigenvalue weighted by atomic mass is 32.2. The zero-order chi connectivity index (χ0) is 22.8. The van der Waals surface area contributed by atoms with Crippen molar-refractivity contribution in [3.63, 3.8) is 0 Å². The van der Waals surface area contributed by atoms with Crippen LogP contribution in [0, 0.1) is 0 Å². The van der Waals surface area contributed by atoms with E-state index in [0.29, 0.717) is 0 Å². The number of nitrogens with one attached hydrogen (secondary N) is 1. The topological polar surface area (TPSA) is 122 Å². The molecule has 2 unspecified atom stereocenters. The summed E-state index contributed by atoms with van der Waals surface area (Å²) in [6.07, 6.45) is -0.481. The summed E-state index contributed by atoms with van der Waals surface area (Å²) < 4.78 is 37.7. The van der Waals surface area contributed by atoms with E-state index >= 15 is 0 Å². The second-order valence-corrected chi connectivity index (χ2v) is 9.19. The number of methoxy groups -OCH3 is 1. The molecule has 0 spiro atoms. The summed E-state index contributed by atoms with van der Waals surface area (Å²) in [7, 11) is -2.65. The Hall–Kier alpha value is -2.95. The number of ether oxygens (including phenoxy) is 2. The number of morpholine rings is 1. The number of benzene rings is 2. The molecule has 31 heavy (non-hydrogen) atoms. The third-order valence-corrected chi connectivity index (χ3v) is 6.64. The predicted octanol–water partition coefficient (Wildman–Crippen LogP) is 2.23. The van der Waals surface area contributed by atoms with Crippen molar-refractivity contribution < 1.29 is 32.6 Å². The van der Waals surface area contributed by atoms with Gasteiger partial charge in [0.25, 0.3) is 5.91 Å². The van der Waals surface area contributed by atoms with Crippen LogP contribution in [0.15, 0.2) is 47.4 Å². The maximum atomic E-state index is 13.1. The number of esters is 1. The minimum absolute atomic E-state index is 0.00279. The fourth-order valence-corrected chi connectivity index (χ4v) is 5.02. The van der Waals surface area contributed by atoms with Gasteiger partial charge < -0.3 is 19.9 Å². The molecule has 0 radical (unpaired) electrons. The molecular weight excluding hydrogens is 424 g/mol. The lowest BCUT2D eigenvalue weighted by molar-refractivity contribution is -0.0440. The lowest BCUT2D eigenvalue weighted by atomic mass is 10.1. The lowest BCUT2D eigenvalue weighted by Gasteiger charge is -2.34. The number of sulfonamides is 1. The third kappa shape index (κ3) is 4.87. The van der Waals surface area contributed by atoms with E-state index in [1.165, 1.54) is 53.9 Å². The Labute approximate surface area is 180 Å². The monoisotopic (exact) mass is 448 g/mol. The number of phenols is 1. The van der Waals surface area contributed by atoms with Crippen LogP contribution in [-0.4, -0.2) is 62.1 Å². The molecule has 1 aliphatic heterocycles. The molecule has 0 aliphatic carbocycles. The lowest BCUT2D eigenvalue weighted by Crippen LogP contribution is -2.48. The maximum Gasteiger partial charge on any atom is 0.341 e. The van der Waals surface area contributed by atoms with Crippen LogP contribution < -0.4 is 5.32 Å². The average molecular weight is 448 g/mol. The molecule has 1 aliphatic rings. The number of amides is 1. The average Bonchev–Trinajstić information content (AvgIpc) is 2.74. The number of phenolic OH excluding ortho intramolecular Hbond substituents is 1. The van der Waals surface area contributed by atoms with Crippen molar-refractivity contribution in [1.29, 1.82) is 0 Å². The quantitative estimate of drug-likeness (QED) is 0.531. The largest absolute Gasteiger partial charge is 0.505 e. The van der Waals surface area contributed by atoms with Gasteiger partial charge in [-0.05, 0) is 44.2 Å². The summed E-state index contributed by atoms with van der Waals surface area (Å²) in [5.41, 5.74) is -0.0255. The number of aromatic hydroxyl groups is 1. The van der Waals surface area contributed by atoms with Crippen LogP contribution in [0.4, 0.5) is 5.69 Å². The Kier molecular flexibility index (Phi) is 6.63. The SMILES string of the molecule is COC(=O)c1cccc(NC(=O)c2cccc(S(=O)(=O)N3CC(C)OC(C)C3)c2)c1O. The molecular formula is C21H24N2O7S. The number of carbonyl (C=O) groups is 2. The van der Waals surface area contributed by atoms with Crippen molar-refractivity contribution in [1.82, 2.24) is 4.31 Å². The molecule has 1 fully saturated rings. The number of hydrogen-bond donors (Lipinski definition) is 2. The van der Waals surface area contributed by atoms with Gasteiger partial charge in [0.1, 0.15) is 5.56 Å². The van der Waals surface area contributed by atoms with Gasteiger partial charge in [-0.1, -0.05) is 12.1 Å². The molecule has 166 valence electrons. The van der Waals surface area contributed by atoms with E-state index in [4.69, 9.17) is 4.74 Å². The van der Waals surface area contributed by atoms with Gasteiger partial charge in [-0.3, -0.25) is 4.79 Å². The zero-order valence-corrected chi connectivity index (χ0v) is 18.2. The Morgan fingerprint density at radius 2 is 1.77 bits per heavy atom. The summed E-state index contributed by atoms with van der Waals surface area (Å²) in [5.74, 6) is -1.84. The maximum absolute atomic E-state index is 13.1. The number of rotatable bonds is 5. The fraction of sp³-hybridized carbons (Fsp3) is 0.333. The standard InChI is InChI=1S/C21H24N2O7S/c1-13-11-23(12-14(2)30-13)31(27,28)16-7-4-6-15(10-16)20(25)22-18-9-5-8-17(19(18)24)21(26)29-3/h4-10,13-14,24H,11-12H2,1-3H3,(H,22,25). The third-order valence-electron chi connectivity index (χ3n) is 4.81. The molecule has 0 aromatic heterocycles. The summed E-state index contributed by atoms with van der Waals surface area (Å²) in [5, 5.41) is 12.8. The van der Waals surface area contributed by atoms with Crippen molar-refractivity contribution in [2.75, 3.05) is 25.5 Å². The molecule has 2 N–H and O–H groups in total. The van der Waals surface area contributed by atoms with Gasteiger partial charge in [-0.2, -0.15) is 4.31 Å². The summed E-state index contributed by atoms with van der Waals surface area (Å²) in [6.45, 7) is 4.04. The van der Waals surface area contributed by atoms with Crippen LogP contribution >= 0.6 is 0 Å². The highest BCUT2D eigenvalue weighted by molar-refractivity contribution is 7.89. The second kappa shape index (κ2) is 9.04. The van der Waals surface area contributed by atoms with Crippen LogP contribution in [0.1, 0.15) is 34.6 Å². The van der Waals surface area contributed by atoms with Crippen LogP contribution in [0.5, 0.6) is 5.75 Å². The molecule has 1 saturated heterocycles. The van der Waals surface area contributed by atoms with E-state index in [0.717, 1.165) is 0 Å². The predicted molar refractivity (Wildman–Crippen MR) is 113 cm³/mol. The van der Waals surface area contributed by atoms with Gasteiger partial charge in [-0.15, -0.1) is 0 Å². The molecule has 10 heteroatoms. The number of hydrogen-bond acceptors (Lipinski definition) is 7. The first kappa shape index (κ1) is 22.7. The molecule has 9 nitrogen and oxygen atoms in total. The first-order chi connectivity index (χ1) is 14.6. The van der Waals surface area contributed by atoms with Gasteiger partial charge >= 0.3 is 5.97 Å². The number of nitrogens with zero attached hydrogens (tertiary/aromatic N) is 1. The Morgan fingerprint density at radius 3 is 2.42 bits per heavy atom. The minimum atomic E-state index is -3.82. The first-order valence-electron chi connectivity index (χ1n) is 9.60. The van der Waals surface area contributed by atoms with E-state index in [1.54, 1.807) is 13.8 Å². The van der Waals surface area contributed by atoms with E-state index in [2.05, 4.69) is 10.1 Å². The molecule has 1 heterocycles. The second-order valence-electron chi connectivity index (χ2n) is 7.25. The van der Waals surface area contributed by atoms with Crippen molar-refractivity contribution in [3.8, 4) is 5.75 Å². The van der Waals surface area contributed by atoms with E-state index in [-0.39, 0.29) is 47.0 Å². The number of carbonyl (C=O) groups excluding carboxylic acids is 2. The van der Waals surface area contributed by atoms with Crippen LogP contribution in [0.25, 0.3) is 0 Å². The van der Waals surface area contributed by atoms with Gasteiger partial charge in [0.2, 0.25) is 10.0 Å². The Balaban J connectivity index is 1.85. The molecule has 1 amide bonds. The van der Waals surface area contributed by atoms with E-state index in [1.807, 2.05) is 0 Å². The smallest absolute Gasteiger partial charge is 0.341 e. The molecule has 0 saturated carbocycles. The number of anilines is 1. The van der Waals surface area contributed by atoms with Gasteiger partial charge in [0, 0.05) is 18.7 Å².